The molecule has 5 heteroatoms. The normalized spacial score (nSPS) is 11.8. The Hall–Kier alpha value is -1.88. The zero-order valence-electron chi connectivity index (χ0n) is 10.2. The molecule has 2 amide bonds. The summed E-state index contributed by atoms with van der Waals surface area (Å²) < 4.78 is 0. The zero-order valence-corrected chi connectivity index (χ0v) is 10.2. The molecule has 0 saturated carbocycles. The van der Waals surface area contributed by atoms with Gasteiger partial charge in [0.15, 0.2) is 0 Å². The minimum Gasteiger partial charge on any atom is -0.355 e. The molecule has 0 aliphatic heterocycles. The van der Waals surface area contributed by atoms with Crippen LogP contribution in [0, 0.1) is 6.92 Å². The van der Waals surface area contributed by atoms with Crippen LogP contribution >= 0.6 is 0 Å². The van der Waals surface area contributed by atoms with Crippen LogP contribution in [0.1, 0.15) is 22.8 Å². The van der Waals surface area contributed by atoms with Gasteiger partial charge in [-0.05, 0) is 31.5 Å². The van der Waals surface area contributed by atoms with E-state index in [1.807, 2.05) is 6.92 Å². The number of carbonyl (C=O) groups is 2. The molecule has 0 fully saturated rings. The molecule has 1 atom stereocenters. The van der Waals surface area contributed by atoms with Gasteiger partial charge in [-0.25, -0.2) is 0 Å². The molecule has 1 unspecified atom stereocenters. The van der Waals surface area contributed by atoms with E-state index in [4.69, 9.17) is 5.73 Å². The van der Waals surface area contributed by atoms with Crippen LogP contribution in [0.5, 0.6) is 0 Å². The van der Waals surface area contributed by atoms with Gasteiger partial charge in [0, 0.05) is 18.3 Å². The van der Waals surface area contributed by atoms with Gasteiger partial charge in [-0.1, -0.05) is 6.07 Å². The van der Waals surface area contributed by atoms with Crippen LogP contribution in [-0.4, -0.2) is 24.9 Å². The van der Waals surface area contributed by atoms with Crippen molar-refractivity contribution in [1.82, 2.24) is 5.32 Å². The molecule has 0 aliphatic rings. The van der Waals surface area contributed by atoms with Crippen molar-refractivity contribution in [3.8, 4) is 0 Å². The Kier molecular flexibility index (Phi) is 4.23. The van der Waals surface area contributed by atoms with E-state index < -0.39 is 6.04 Å². The Morgan fingerprint density at radius 2 is 2.00 bits per heavy atom. The van der Waals surface area contributed by atoms with Gasteiger partial charge in [0.2, 0.25) is 5.91 Å². The van der Waals surface area contributed by atoms with Crippen molar-refractivity contribution in [2.45, 2.75) is 19.9 Å². The van der Waals surface area contributed by atoms with Gasteiger partial charge < -0.3 is 16.4 Å². The van der Waals surface area contributed by atoms with E-state index in [1.54, 1.807) is 32.2 Å². The molecule has 1 aromatic rings. The van der Waals surface area contributed by atoms with E-state index in [2.05, 4.69) is 10.6 Å². The lowest BCUT2D eigenvalue weighted by Gasteiger charge is -2.11. The molecule has 0 aliphatic carbocycles. The fraction of sp³-hybridized carbons (Fsp3) is 0.333. The van der Waals surface area contributed by atoms with Crippen LogP contribution < -0.4 is 16.4 Å². The molecule has 1 rings (SSSR count). The quantitative estimate of drug-likeness (QED) is 0.718. The van der Waals surface area contributed by atoms with Crippen LogP contribution in [0.2, 0.25) is 0 Å². The lowest BCUT2D eigenvalue weighted by Crippen LogP contribution is -2.32. The first kappa shape index (κ1) is 13.2. The van der Waals surface area contributed by atoms with Crippen LogP contribution in [0.3, 0.4) is 0 Å². The highest BCUT2D eigenvalue weighted by Crippen LogP contribution is 2.17. The number of carbonyl (C=O) groups excluding carboxylic acids is 2. The topological polar surface area (TPSA) is 84.2 Å². The van der Waals surface area contributed by atoms with Crippen molar-refractivity contribution >= 4 is 17.5 Å². The highest BCUT2D eigenvalue weighted by atomic mass is 16.2. The van der Waals surface area contributed by atoms with Gasteiger partial charge in [-0.3, -0.25) is 9.59 Å². The summed E-state index contributed by atoms with van der Waals surface area (Å²) in [6, 6.07) is 4.53. The molecule has 0 radical (unpaired) electrons. The highest BCUT2D eigenvalue weighted by Gasteiger charge is 2.11. The maximum Gasteiger partial charge on any atom is 0.251 e. The smallest absolute Gasteiger partial charge is 0.251 e. The van der Waals surface area contributed by atoms with Crippen LogP contribution in [0.25, 0.3) is 0 Å². The van der Waals surface area contributed by atoms with Crippen molar-refractivity contribution in [3.05, 3.63) is 29.3 Å². The number of rotatable bonds is 3. The van der Waals surface area contributed by atoms with E-state index in [0.717, 1.165) is 5.56 Å². The summed E-state index contributed by atoms with van der Waals surface area (Å²) in [5.41, 5.74) is 7.45. The minimum atomic E-state index is -0.585. The van der Waals surface area contributed by atoms with Gasteiger partial charge in [-0.2, -0.15) is 0 Å². The Bertz CT molecular complexity index is 441. The minimum absolute atomic E-state index is 0.193. The summed E-state index contributed by atoms with van der Waals surface area (Å²) in [5.74, 6) is -0.469. The fourth-order valence-electron chi connectivity index (χ4n) is 1.29. The summed E-state index contributed by atoms with van der Waals surface area (Å²) in [6.07, 6.45) is 0. The summed E-state index contributed by atoms with van der Waals surface area (Å²) >= 11 is 0. The number of benzene rings is 1. The first-order chi connectivity index (χ1) is 7.95. The number of hydrogen-bond acceptors (Lipinski definition) is 3. The molecule has 92 valence electrons. The number of nitrogens with two attached hydrogens (primary N) is 1. The summed E-state index contributed by atoms with van der Waals surface area (Å²) in [4.78, 5) is 22.9. The number of anilines is 1. The molecule has 0 aromatic heterocycles. The maximum absolute atomic E-state index is 11.5. The Balaban J connectivity index is 2.99. The molecule has 4 N–H and O–H groups in total. The standard InChI is InChI=1S/C12H17N3O2/c1-7-4-5-9(12(17)14-3)6-10(7)15-11(16)8(2)13/h4-6,8H,13H2,1-3H3,(H,14,17)(H,15,16). The van der Waals surface area contributed by atoms with Crippen molar-refractivity contribution in [3.63, 3.8) is 0 Å². The largest absolute Gasteiger partial charge is 0.355 e. The Labute approximate surface area is 100 Å². The first-order valence-electron chi connectivity index (χ1n) is 5.35. The zero-order chi connectivity index (χ0) is 13.0. The second kappa shape index (κ2) is 5.45. The third-order valence-electron chi connectivity index (χ3n) is 2.40. The van der Waals surface area contributed by atoms with Crippen LogP contribution in [-0.2, 0) is 4.79 Å². The van der Waals surface area contributed by atoms with Crippen molar-refractivity contribution in [2.75, 3.05) is 12.4 Å². The van der Waals surface area contributed by atoms with Crippen LogP contribution in [0.4, 0.5) is 5.69 Å². The van der Waals surface area contributed by atoms with Crippen molar-refractivity contribution in [2.24, 2.45) is 5.73 Å². The molecule has 0 bridgehead atoms. The molecule has 0 spiro atoms. The predicted molar refractivity (Wildman–Crippen MR) is 66.8 cm³/mol. The van der Waals surface area contributed by atoms with Crippen LogP contribution in [0.15, 0.2) is 18.2 Å². The SMILES string of the molecule is CNC(=O)c1ccc(C)c(NC(=O)C(C)N)c1. The Morgan fingerprint density at radius 1 is 1.35 bits per heavy atom. The average molecular weight is 235 g/mol. The van der Waals surface area contributed by atoms with Gasteiger partial charge >= 0.3 is 0 Å². The fourth-order valence-corrected chi connectivity index (χ4v) is 1.29. The molecular weight excluding hydrogens is 218 g/mol. The van der Waals surface area contributed by atoms with Gasteiger partial charge in [-0.15, -0.1) is 0 Å². The summed E-state index contributed by atoms with van der Waals surface area (Å²) in [5, 5.41) is 5.21. The first-order valence-corrected chi connectivity index (χ1v) is 5.35. The summed E-state index contributed by atoms with van der Waals surface area (Å²) in [7, 11) is 1.56. The molecule has 5 nitrogen and oxygen atoms in total. The summed E-state index contributed by atoms with van der Waals surface area (Å²) in [6.45, 7) is 3.46. The number of nitrogens with one attached hydrogen (secondary N) is 2. The van der Waals surface area contributed by atoms with E-state index in [9.17, 15) is 9.59 Å². The predicted octanol–water partition coefficient (Wildman–Crippen LogP) is 0.640. The van der Waals surface area contributed by atoms with E-state index in [1.165, 1.54) is 0 Å². The van der Waals surface area contributed by atoms with Crippen molar-refractivity contribution < 1.29 is 9.59 Å². The third-order valence-corrected chi connectivity index (χ3v) is 2.40. The third kappa shape index (κ3) is 3.29. The van der Waals surface area contributed by atoms with E-state index in [0.29, 0.717) is 11.3 Å². The lowest BCUT2D eigenvalue weighted by molar-refractivity contribution is -0.117. The van der Waals surface area contributed by atoms with Crippen molar-refractivity contribution in [1.29, 1.82) is 0 Å². The molecular formula is C12H17N3O2. The lowest BCUT2D eigenvalue weighted by atomic mass is 10.1. The molecule has 0 saturated heterocycles. The molecule has 17 heavy (non-hydrogen) atoms. The average Bonchev–Trinajstić information content (AvgIpc) is 2.30. The second-order valence-corrected chi connectivity index (χ2v) is 3.89. The Morgan fingerprint density at radius 3 is 2.53 bits per heavy atom. The highest BCUT2D eigenvalue weighted by molar-refractivity contribution is 5.98. The molecule has 0 heterocycles. The van der Waals surface area contributed by atoms with E-state index >= 15 is 0 Å². The second-order valence-electron chi connectivity index (χ2n) is 3.89. The number of amides is 2. The monoisotopic (exact) mass is 235 g/mol. The number of aryl methyl sites for hydroxylation is 1. The maximum atomic E-state index is 11.5. The molecule has 1 aromatic carbocycles. The van der Waals surface area contributed by atoms with E-state index in [-0.39, 0.29) is 11.8 Å². The van der Waals surface area contributed by atoms with Gasteiger partial charge in [0.1, 0.15) is 0 Å². The van der Waals surface area contributed by atoms with Gasteiger partial charge in [0.05, 0.1) is 6.04 Å². The van der Waals surface area contributed by atoms with Gasteiger partial charge in [0.25, 0.3) is 5.91 Å². The number of hydrogen-bond donors (Lipinski definition) is 3.